The van der Waals surface area contributed by atoms with Crippen molar-refractivity contribution in [2.45, 2.75) is 26.3 Å². The van der Waals surface area contributed by atoms with Gasteiger partial charge in [-0.1, -0.05) is 42.0 Å². The molecule has 1 aliphatic rings. The Hall–Kier alpha value is -4.13. The fourth-order valence-electron chi connectivity index (χ4n) is 3.79. The van der Waals surface area contributed by atoms with Crippen molar-refractivity contribution in [1.29, 1.82) is 0 Å². The molecule has 0 spiro atoms. The first-order valence-electron chi connectivity index (χ1n) is 11.0. The molecule has 1 aliphatic heterocycles. The molecule has 34 heavy (non-hydrogen) atoms. The summed E-state index contributed by atoms with van der Waals surface area (Å²) in [6, 6.07) is 20.3. The van der Waals surface area contributed by atoms with E-state index in [4.69, 9.17) is 9.47 Å². The molecule has 0 saturated carbocycles. The number of aryl methyl sites for hydroxylation is 2. The zero-order valence-electron chi connectivity index (χ0n) is 19.2. The Morgan fingerprint density at radius 1 is 1.03 bits per heavy atom. The molecule has 4 rings (SSSR count). The number of hydrogen-bond acceptors (Lipinski definition) is 5. The number of nitrogens with zero attached hydrogens (tertiary/aromatic N) is 1. The summed E-state index contributed by atoms with van der Waals surface area (Å²) in [4.78, 5) is 38.7. The van der Waals surface area contributed by atoms with Crippen molar-refractivity contribution < 1.29 is 23.9 Å². The minimum atomic E-state index is -0.439. The summed E-state index contributed by atoms with van der Waals surface area (Å²) in [7, 11) is 1.33. The average molecular weight is 459 g/mol. The van der Waals surface area contributed by atoms with Crippen LogP contribution < -0.4 is 15.0 Å². The molecule has 1 heterocycles. The molecule has 0 fully saturated rings. The van der Waals surface area contributed by atoms with Gasteiger partial charge in [0.1, 0.15) is 5.75 Å². The van der Waals surface area contributed by atoms with Gasteiger partial charge in [-0.2, -0.15) is 0 Å². The van der Waals surface area contributed by atoms with Gasteiger partial charge in [0.05, 0.1) is 24.9 Å². The van der Waals surface area contributed by atoms with Gasteiger partial charge < -0.3 is 19.7 Å². The number of nitrogens with one attached hydrogen (secondary N) is 1. The zero-order chi connectivity index (χ0) is 24.1. The maximum atomic E-state index is 12.7. The van der Waals surface area contributed by atoms with E-state index in [0.717, 1.165) is 11.1 Å². The number of esters is 1. The van der Waals surface area contributed by atoms with Crippen LogP contribution in [0.2, 0.25) is 0 Å². The first-order valence-corrected chi connectivity index (χ1v) is 11.0. The summed E-state index contributed by atoms with van der Waals surface area (Å²) in [6.45, 7) is 2.21. The van der Waals surface area contributed by atoms with Crippen molar-refractivity contribution in [3.05, 3.63) is 89.0 Å². The number of amides is 2. The van der Waals surface area contributed by atoms with Crippen molar-refractivity contribution in [3.8, 4) is 5.75 Å². The maximum absolute atomic E-state index is 12.7. The van der Waals surface area contributed by atoms with Crippen molar-refractivity contribution in [3.63, 3.8) is 0 Å². The highest BCUT2D eigenvalue weighted by molar-refractivity contribution is 5.99. The molecule has 0 radical (unpaired) electrons. The maximum Gasteiger partial charge on any atom is 0.337 e. The number of carbonyl (C=O) groups is 3. The monoisotopic (exact) mass is 458 g/mol. The highest BCUT2D eigenvalue weighted by Gasteiger charge is 2.26. The minimum Gasteiger partial charge on any atom is -0.482 e. The Bertz CT molecular complexity index is 1220. The lowest BCUT2D eigenvalue weighted by Crippen LogP contribution is -2.38. The van der Waals surface area contributed by atoms with E-state index in [-0.39, 0.29) is 25.0 Å². The predicted molar refractivity (Wildman–Crippen MR) is 129 cm³/mol. The van der Waals surface area contributed by atoms with Crippen LogP contribution in [0.5, 0.6) is 5.75 Å². The summed E-state index contributed by atoms with van der Waals surface area (Å²) < 4.78 is 10.4. The van der Waals surface area contributed by atoms with Gasteiger partial charge in [0, 0.05) is 12.1 Å². The van der Waals surface area contributed by atoms with Crippen LogP contribution >= 0.6 is 0 Å². The van der Waals surface area contributed by atoms with Gasteiger partial charge in [0.15, 0.2) is 6.61 Å². The van der Waals surface area contributed by atoms with Crippen LogP contribution in [0.15, 0.2) is 66.7 Å². The molecule has 2 amide bonds. The van der Waals surface area contributed by atoms with Gasteiger partial charge in [-0.3, -0.25) is 9.59 Å². The molecule has 7 heteroatoms. The lowest BCUT2D eigenvalue weighted by Gasteiger charge is -2.30. The smallest absolute Gasteiger partial charge is 0.337 e. The van der Waals surface area contributed by atoms with Crippen LogP contribution in [0, 0.1) is 6.92 Å². The molecule has 3 aromatic carbocycles. The Morgan fingerprint density at radius 2 is 1.82 bits per heavy atom. The number of fused-ring (bicyclic) bond motifs is 1. The average Bonchev–Trinajstić information content (AvgIpc) is 2.85. The molecule has 3 aromatic rings. The number of carbonyl (C=O) groups excluding carboxylic acids is 3. The lowest BCUT2D eigenvalue weighted by molar-refractivity contribution is -0.121. The highest BCUT2D eigenvalue weighted by atomic mass is 16.5. The van der Waals surface area contributed by atoms with Gasteiger partial charge in [-0.25, -0.2) is 4.79 Å². The molecule has 0 unspecified atom stereocenters. The number of methoxy groups -OCH3 is 1. The van der Waals surface area contributed by atoms with E-state index in [1.54, 1.807) is 41.3 Å². The van der Waals surface area contributed by atoms with E-state index in [1.807, 2.05) is 37.3 Å². The van der Waals surface area contributed by atoms with Crippen molar-refractivity contribution in [2.24, 2.45) is 0 Å². The quantitative estimate of drug-likeness (QED) is 0.534. The van der Waals surface area contributed by atoms with Gasteiger partial charge >= 0.3 is 5.97 Å². The standard InChI is InChI=1S/C27H26N2O5/c1-18-6-8-19(9-7-18)10-13-25(30)28-22-11-12-24-23(15-22)29(26(31)17-34-24)16-20-4-3-5-21(14-20)27(32)33-2/h3-9,11-12,14-15H,10,13,16-17H2,1-2H3,(H,28,30). The number of ether oxygens (including phenoxy) is 2. The van der Waals surface area contributed by atoms with E-state index >= 15 is 0 Å². The van der Waals surface area contributed by atoms with E-state index in [2.05, 4.69) is 5.32 Å². The summed E-state index contributed by atoms with van der Waals surface area (Å²) in [5.74, 6) is -0.202. The van der Waals surface area contributed by atoms with Crippen LogP contribution in [0.4, 0.5) is 11.4 Å². The summed E-state index contributed by atoms with van der Waals surface area (Å²) >= 11 is 0. The van der Waals surface area contributed by atoms with Gasteiger partial charge in [-0.15, -0.1) is 0 Å². The topological polar surface area (TPSA) is 84.9 Å². The summed E-state index contributed by atoms with van der Waals surface area (Å²) in [5, 5.41) is 2.91. The normalized spacial score (nSPS) is 12.5. The summed E-state index contributed by atoms with van der Waals surface area (Å²) in [6.07, 6.45) is 0.987. The van der Waals surface area contributed by atoms with Crippen LogP contribution in [-0.2, 0) is 27.3 Å². The molecule has 0 saturated heterocycles. The number of anilines is 2. The Kier molecular flexibility index (Phi) is 6.92. The van der Waals surface area contributed by atoms with E-state index in [0.29, 0.717) is 35.5 Å². The molecule has 0 atom stereocenters. The predicted octanol–water partition coefficient (Wildman–Crippen LogP) is 4.28. The first-order chi connectivity index (χ1) is 16.4. The van der Waals surface area contributed by atoms with Crippen molar-refractivity contribution in [1.82, 2.24) is 0 Å². The molecular weight excluding hydrogens is 432 g/mol. The largest absolute Gasteiger partial charge is 0.482 e. The van der Waals surface area contributed by atoms with Crippen LogP contribution in [0.1, 0.15) is 33.5 Å². The molecule has 174 valence electrons. The molecule has 0 aliphatic carbocycles. The molecule has 0 bridgehead atoms. The zero-order valence-corrected chi connectivity index (χ0v) is 19.2. The van der Waals surface area contributed by atoms with Gasteiger partial charge in [0.25, 0.3) is 5.91 Å². The third-order valence-electron chi connectivity index (χ3n) is 5.64. The van der Waals surface area contributed by atoms with E-state index in [9.17, 15) is 14.4 Å². The Labute approximate surface area is 198 Å². The second-order valence-corrected chi connectivity index (χ2v) is 8.18. The number of rotatable bonds is 7. The Morgan fingerprint density at radius 3 is 2.59 bits per heavy atom. The van der Waals surface area contributed by atoms with Crippen molar-refractivity contribution >= 4 is 29.2 Å². The second-order valence-electron chi connectivity index (χ2n) is 8.18. The van der Waals surface area contributed by atoms with Crippen LogP contribution in [0.3, 0.4) is 0 Å². The molecule has 7 nitrogen and oxygen atoms in total. The SMILES string of the molecule is COC(=O)c1cccc(CN2C(=O)COc3ccc(NC(=O)CCc4ccc(C)cc4)cc32)c1. The number of hydrogen-bond donors (Lipinski definition) is 1. The fraction of sp³-hybridized carbons (Fsp3) is 0.222. The number of benzene rings is 3. The molecular formula is C27H26N2O5. The van der Waals surface area contributed by atoms with Crippen LogP contribution in [-0.4, -0.2) is 31.5 Å². The van der Waals surface area contributed by atoms with E-state index in [1.165, 1.54) is 12.7 Å². The Balaban J connectivity index is 1.48. The fourth-order valence-corrected chi connectivity index (χ4v) is 3.79. The lowest BCUT2D eigenvalue weighted by atomic mass is 10.1. The first kappa shape index (κ1) is 23.0. The third kappa shape index (κ3) is 5.43. The van der Waals surface area contributed by atoms with Gasteiger partial charge in [-0.05, 0) is 54.8 Å². The molecule has 0 aromatic heterocycles. The van der Waals surface area contributed by atoms with Crippen molar-refractivity contribution in [2.75, 3.05) is 23.9 Å². The highest BCUT2D eigenvalue weighted by Crippen LogP contribution is 2.35. The third-order valence-corrected chi connectivity index (χ3v) is 5.64. The van der Waals surface area contributed by atoms with Gasteiger partial charge in [0.2, 0.25) is 5.91 Å². The molecule has 1 N–H and O–H groups in total. The second kappa shape index (κ2) is 10.2. The summed E-state index contributed by atoms with van der Waals surface area (Å²) in [5.41, 5.74) is 4.62. The minimum absolute atomic E-state index is 0.0774. The van der Waals surface area contributed by atoms with E-state index < -0.39 is 5.97 Å². The van der Waals surface area contributed by atoms with Crippen LogP contribution in [0.25, 0.3) is 0 Å².